The topological polar surface area (TPSA) is 20.3 Å². The van der Waals surface area contributed by atoms with E-state index in [4.69, 9.17) is 23.2 Å². The molecule has 2 rings (SSSR count). The van der Waals surface area contributed by atoms with E-state index in [-0.39, 0.29) is 16.8 Å². The Kier molecular flexibility index (Phi) is 4.99. The summed E-state index contributed by atoms with van der Waals surface area (Å²) in [7, 11) is 0. The second kappa shape index (κ2) is 6.73. The lowest BCUT2D eigenvalue weighted by atomic mass is 10.2. The Morgan fingerprint density at radius 1 is 1.15 bits per heavy atom. The molecule has 0 aliphatic carbocycles. The van der Waals surface area contributed by atoms with Gasteiger partial charge in [-0.25, -0.2) is 4.39 Å². The van der Waals surface area contributed by atoms with Gasteiger partial charge in [-0.2, -0.15) is 0 Å². The number of hydrogen-bond donors (Lipinski definition) is 0. The minimum atomic E-state index is -0.520. The molecular weight excluding hydrogens is 300 g/mol. The van der Waals surface area contributed by atoms with Gasteiger partial charge in [-0.05, 0) is 23.8 Å². The zero-order chi connectivity index (χ0) is 14.5. The zero-order valence-corrected chi connectivity index (χ0v) is 12.0. The molecule has 0 saturated heterocycles. The molecule has 2 nitrogen and oxygen atoms in total. The summed E-state index contributed by atoms with van der Waals surface area (Å²) in [6.45, 7) is 0.356. The summed E-state index contributed by atoms with van der Waals surface area (Å²) in [6.07, 6.45) is 0. The monoisotopic (exact) mass is 311 g/mol. The maximum Gasteiger partial charge on any atom is 0.242 e. The fourth-order valence-electron chi connectivity index (χ4n) is 1.81. The quantitative estimate of drug-likeness (QED) is 0.773. The molecule has 0 fully saturated rings. The van der Waals surface area contributed by atoms with Crippen LogP contribution >= 0.6 is 23.2 Å². The highest BCUT2D eigenvalue weighted by molar-refractivity contribution is 6.31. The first-order valence-electron chi connectivity index (χ1n) is 5.97. The summed E-state index contributed by atoms with van der Waals surface area (Å²) in [5.74, 6) is -0.937. The van der Waals surface area contributed by atoms with Gasteiger partial charge in [0, 0.05) is 5.69 Å². The molecular formula is C15H12Cl2FNO. The van der Waals surface area contributed by atoms with Crippen LogP contribution in [0, 0.1) is 5.82 Å². The molecule has 0 heterocycles. The Hall–Kier alpha value is -1.58. The van der Waals surface area contributed by atoms with Crippen LogP contribution in [0.1, 0.15) is 5.56 Å². The summed E-state index contributed by atoms with van der Waals surface area (Å²) in [5.41, 5.74) is 1.47. The zero-order valence-electron chi connectivity index (χ0n) is 10.5. The molecule has 1 amide bonds. The first-order chi connectivity index (χ1) is 9.61. The highest BCUT2D eigenvalue weighted by Crippen LogP contribution is 2.24. The van der Waals surface area contributed by atoms with Gasteiger partial charge in [-0.15, -0.1) is 11.6 Å². The van der Waals surface area contributed by atoms with Crippen LogP contribution in [0.2, 0.25) is 5.02 Å². The average molecular weight is 312 g/mol. The number of amides is 1. The Balaban J connectivity index is 2.32. The third kappa shape index (κ3) is 3.50. The number of hydrogen-bond acceptors (Lipinski definition) is 1. The van der Waals surface area contributed by atoms with Crippen LogP contribution < -0.4 is 4.90 Å². The van der Waals surface area contributed by atoms with Gasteiger partial charge in [0.2, 0.25) is 5.91 Å². The second-order valence-electron chi connectivity index (χ2n) is 4.20. The SMILES string of the molecule is O=C(CCl)N(Cc1ccccc1)c1ccc(F)c(Cl)c1. The third-order valence-electron chi connectivity index (χ3n) is 2.81. The third-order valence-corrected chi connectivity index (χ3v) is 3.33. The predicted octanol–water partition coefficient (Wildman–Crippen LogP) is 4.25. The van der Waals surface area contributed by atoms with Gasteiger partial charge in [0.25, 0.3) is 0 Å². The van der Waals surface area contributed by atoms with E-state index in [0.29, 0.717) is 12.2 Å². The van der Waals surface area contributed by atoms with Crippen molar-refractivity contribution >= 4 is 34.8 Å². The van der Waals surface area contributed by atoms with Gasteiger partial charge in [0.1, 0.15) is 11.7 Å². The summed E-state index contributed by atoms with van der Waals surface area (Å²) >= 11 is 11.4. The number of alkyl halides is 1. The van der Waals surface area contributed by atoms with Crippen molar-refractivity contribution in [3.8, 4) is 0 Å². The number of rotatable bonds is 4. The van der Waals surface area contributed by atoms with Gasteiger partial charge >= 0.3 is 0 Å². The summed E-state index contributed by atoms with van der Waals surface area (Å²) < 4.78 is 13.2. The van der Waals surface area contributed by atoms with Crippen LogP contribution in [0.3, 0.4) is 0 Å². The normalized spacial score (nSPS) is 10.3. The fourth-order valence-corrected chi connectivity index (χ4v) is 2.13. The lowest BCUT2D eigenvalue weighted by molar-refractivity contribution is -0.116. The molecule has 0 aliphatic rings. The number of nitrogens with zero attached hydrogens (tertiary/aromatic N) is 1. The van der Waals surface area contributed by atoms with E-state index in [1.54, 1.807) is 0 Å². The molecule has 5 heteroatoms. The van der Waals surface area contributed by atoms with Crippen molar-refractivity contribution in [3.05, 3.63) is 64.9 Å². The van der Waals surface area contributed by atoms with Crippen molar-refractivity contribution in [2.24, 2.45) is 0 Å². The smallest absolute Gasteiger partial charge is 0.242 e. The molecule has 0 aliphatic heterocycles. The van der Waals surface area contributed by atoms with Crippen LogP contribution in [-0.2, 0) is 11.3 Å². The number of carbonyl (C=O) groups is 1. The number of benzene rings is 2. The van der Waals surface area contributed by atoms with Gasteiger partial charge in [-0.1, -0.05) is 41.9 Å². The lowest BCUT2D eigenvalue weighted by Gasteiger charge is -2.22. The first-order valence-corrected chi connectivity index (χ1v) is 6.88. The predicted molar refractivity (Wildman–Crippen MR) is 79.8 cm³/mol. The van der Waals surface area contributed by atoms with Gasteiger partial charge in [0.05, 0.1) is 11.6 Å². The summed E-state index contributed by atoms with van der Waals surface area (Å²) in [5, 5.41) is -0.0251. The molecule has 2 aromatic rings. The minimum Gasteiger partial charge on any atom is -0.307 e. The van der Waals surface area contributed by atoms with E-state index in [1.807, 2.05) is 30.3 Å². The van der Waals surface area contributed by atoms with Crippen molar-refractivity contribution in [1.29, 1.82) is 0 Å². The van der Waals surface area contributed by atoms with E-state index in [1.165, 1.54) is 23.1 Å². The van der Waals surface area contributed by atoms with Crippen molar-refractivity contribution in [3.63, 3.8) is 0 Å². The molecule has 0 unspecified atom stereocenters. The van der Waals surface area contributed by atoms with Crippen LogP contribution in [0.15, 0.2) is 48.5 Å². The Labute approximate surface area is 126 Å². The van der Waals surface area contributed by atoms with Crippen LogP contribution in [0.4, 0.5) is 10.1 Å². The molecule has 20 heavy (non-hydrogen) atoms. The van der Waals surface area contributed by atoms with Crippen molar-refractivity contribution < 1.29 is 9.18 Å². The molecule has 0 radical (unpaired) electrons. The summed E-state index contributed by atoms with van der Waals surface area (Å²) in [4.78, 5) is 13.4. The molecule has 0 saturated carbocycles. The van der Waals surface area contributed by atoms with E-state index in [2.05, 4.69) is 0 Å². The first kappa shape index (κ1) is 14.8. The molecule has 0 atom stereocenters. The number of carbonyl (C=O) groups excluding carboxylic acids is 1. The Morgan fingerprint density at radius 2 is 1.85 bits per heavy atom. The van der Waals surface area contributed by atoms with Crippen molar-refractivity contribution in [2.45, 2.75) is 6.54 Å². The van der Waals surface area contributed by atoms with E-state index < -0.39 is 5.82 Å². The lowest BCUT2D eigenvalue weighted by Crippen LogP contribution is -2.31. The molecule has 2 aromatic carbocycles. The molecule has 0 N–H and O–H groups in total. The highest BCUT2D eigenvalue weighted by atomic mass is 35.5. The van der Waals surface area contributed by atoms with Crippen LogP contribution in [0.25, 0.3) is 0 Å². The Morgan fingerprint density at radius 3 is 2.45 bits per heavy atom. The van der Waals surface area contributed by atoms with Gasteiger partial charge < -0.3 is 4.90 Å². The van der Waals surface area contributed by atoms with Gasteiger partial charge in [-0.3, -0.25) is 4.79 Å². The molecule has 0 aromatic heterocycles. The summed E-state index contributed by atoms with van der Waals surface area (Å²) in [6, 6.07) is 13.6. The van der Waals surface area contributed by atoms with Crippen LogP contribution in [0.5, 0.6) is 0 Å². The average Bonchev–Trinajstić information content (AvgIpc) is 2.48. The maximum absolute atomic E-state index is 13.2. The minimum absolute atomic E-state index is 0.0251. The van der Waals surface area contributed by atoms with Gasteiger partial charge in [0.15, 0.2) is 0 Å². The van der Waals surface area contributed by atoms with Crippen LogP contribution in [-0.4, -0.2) is 11.8 Å². The van der Waals surface area contributed by atoms with E-state index >= 15 is 0 Å². The number of anilines is 1. The number of halogens is 3. The van der Waals surface area contributed by atoms with Crippen molar-refractivity contribution in [2.75, 3.05) is 10.8 Å². The largest absolute Gasteiger partial charge is 0.307 e. The Bertz CT molecular complexity index is 604. The highest BCUT2D eigenvalue weighted by Gasteiger charge is 2.16. The van der Waals surface area contributed by atoms with E-state index in [0.717, 1.165) is 5.56 Å². The maximum atomic E-state index is 13.2. The molecule has 104 valence electrons. The standard InChI is InChI=1S/C15H12Cl2FNO/c16-9-15(20)19(10-11-4-2-1-3-5-11)12-6-7-14(18)13(17)8-12/h1-8H,9-10H2. The van der Waals surface area contributed by atoms with Crippen molar-refractivity contribution in [1.82, 2.24) is 0 Å². The molecule has 0 bridgehead atoms. The van der Waals surface area contributed by atoms with E-state index in [9.17, 15) is 9.18 Å². The molecule has 0 spiro atoms. The fraction of sp³-hybridized carbons (Fsp3) is 0.133. The second-order valence-corrected chi connectivity index (χ2v) is 4.87.